The zero-order valence-electron chi connectivity index (χ0n) is 17.3. The van der Waals surface area contributed by atoms with E-state index in [1.165, 1.54) is 0 Å². The van der Waals surface area contributed by atoms with Crippen LogP contribution in [0.5, 0.6) is 5.75 Å². The molecule has 30 heavy (non-hydrogen) atoms. The Kier molecular flexibility index (Phi) is 5.90. The van der Waals surface area contributed by atoms with Crippen molar-refractivity contribution in [3.05, 3.63) is 51.2 Å². The van der Waals surface area contributed by atoms with Crippen LogP contribution in [0.1, 0.15) is 45.7 Å². The molecule has 1 fully saturated rings. The normalized spacial score (nSPS) is 16.1. The number of benzene rings is 1. The van der Waals surface area contributed by atoms with E-state index < -0.39 is 10.0 Å². The number of aromatic nitrogens is 4. The Bertz CT molecular complexity index is 1090. The van der Waals surface area contributed by atoms with Crippen LogP contribution in [0.2, 0.25) is 0 Å². The van der Waals surface area contributed by atoms with Gasteiger partial charge in [-0.15, -0.1) is 21.5 Å². The van der Waals surface area contributed by atoms with E-state index in [4.69, 9.17) is 4.74 Å². The number of ether oxygens (including phenoxy) is 1. The molecule has 3 heterocycles. The fourth-order valence-electron chi connectivity index (χ4n) is 3.81. The Morgan fingerprint density at radius 2 is 1.87 bits per heavy atom. The first-order valence-corrected chi connectivity index (χ1v) is 12.1. The molecule has 0 aliphatic carbocycles. The highest BCUT2D eigenvalue weighted by molar-refractivity contribution is 7.89. The second kappa shape index (κ2) is 8.44. The lowest BCUT2D eigenvalue weighted by atomic mass is 9.99. The van der Waals surface area contributed by atoms with Crippen LogP contribution in [0.3, 0.4) is 0 Å². The van der Waals surface area contributed by atoms with Gasteiger partial charge in [0.25, 0.3) is 0 Å². The van der Waals surface area contributed by atoms with E-state index >= 15 is 0 Å². The summed E-state index contributed by atoms with van der Waals surface area (Å²) < 4.78 is 32.8. The van der Waals surface area contributed by atoms with Gasteiger partial charge in [0.05, 0.1) is 18.5 Å². The average Bonchev–Trinajstić information content (AvgIpc) is 3.35. The van der Waals surface area contributed by atoms with Crippen molar-refractivity contribution in [2.75, 3.05) is 20.2 Å². The second-order valence-electron chi connectivity index (χ2n) is 7.50. The maximum Gasteiger partial charge on any atom is 0.246 e. The van der Waals surface area contributed by atoms with Gasteiger partial charge in [-0.25, -0.2) is 8.42 Å². The summed E-state index contributed by atoms with van der Waals surface area (Å²) in [4.78, 5) is 0.304. The molecule has 1 saturated heterocycles. The molecule has 0 atom stereocenters. The summed E-state index contributed by atoms with van der Waals surface area (Å²) in [5.41, 5.74) is 2.26. The Morgan fingerprint density at radius 3 is 2.47 bits per heavy atom. The predicted octanol–water partition coefficient (Wildman–Crippen LogP) is 3.05. The predicted molar refractivity (Wildman–Crippen MR) is 115 cm³/mol. The van der Waals surface area contributed by atoms with Crippen molar-refractivity contribution in [2.45, 2.75) is 43.9 Å². The first-order valence-electron chi connectivity index (χ1n) is 9.85. The third kappa shape index (κ3) is 4.12. The number of hydrogen-bond donors (Lipinski definition) is 1. The molecule has 8 nitrogen and oxygen atoms in total. The van der Waals surface area contributed by atoms with Crippen LogP contribution in [0, 0.1) is 13.8 Å². The number of piperidine rings is 1. The number of nitrogens with zero attached hydrogens (tertiary/aromatic N) is 4. The Morgan fingerprint density at radius 1 is 1.17 bits per heavy atom. The van der Waals surface area contributed by atoms with Crippen LogP contribution in [0.25, 0.3) is 0 Å². The van der Waals surface area contributed by atoms with Gasteiger partial charge in [-0.05, 0) is 44.4 Å². The van der Waals surface area contributed by atoms with Crippen LogP contribution >= 0.6 is 11.3 Å². The van der Waals surface area contributed by atoms with Crippen LogP contribution in [-0.2, 0) is 16.4 Å². The van der Waals surface area contributed by atoms with Crippen LogP contribution < -0.4 is 4.74 Å². The van der Waals surface area contributed by atoms with E-state index in [0.29, 0.717) is 29.4 Å². The molecule has 1 aromatic carbocycles. The smallest absolute Gasteiger partial charge is 0.246 e. The van der Waals surface area contributed by atoms with E-state index in [2.05, 4.69) is 20.4 Å². The first kappa shape index (κ1) is 21.0. The van der Waals surface area contributed by atoms with E-state index in [1.807, 2.05) is 24.3 Å². The van der Waals surface area contributed by atoms with Gasteiger partial charge in [-0.2, -0.15) is 9.40 Å². The minimum Gasteiger partial charge on any atom is -0.497 e. The quantitative estimate of drug-likeness (QED) is 0.623. The largest absolute Gasteiger partial charge is 0.497 e. The Balaban J connectivity index is 1.40. The lowest BCUT2D eigenvalue weighted by Gasteiger charge is -2.30. The maximum atomic E-state index is 13.0. The van der Waals surface area contributed by atoms with Gasteiger partial charge in [0, 0.05) is 25.4 Å². The van der Waals surface area contributed by atoms with E-state index in [9.17, 15) is 8.42 Å². The standard InChI is InChI=1S/C20H25N5O3S2/c1-13-19(14(2)22-21-13)30(26,27)25-10-8-16(9-11-25)20-24-23-18(29-20)12-15-4-6-17(28-3)7-5-15/h4-7,16H,8-12H2,1-3H3,(H,21,22). The van der Waals surface area contributed by atoms with Crippen molar-refractivity contribution >= 4 is 21.4 Å². The van der Waals surface area contributed by atoms with Gasteiger partial charge in [0.1, 0.15) is 20.7 Å². The lowest BCUT2D eigenvalue weighted by molar-refractivity contribution is 0.318. The van der Waals surface area contributed by atoms with Gasteiger partial charge in [-0.1, -0.05) is 12.1 Å². The summed E-state index contributed by atoms with van der Waals surface area (Å²) in [5.74, 6) is 1.07. The Hall–Kier alpha value is -2.30. The van der Waals surface area contributed by atoms with Gasteiger partial charge < -0.3 is 4.74 Å². The van der Waals surface area contributed by atoms with Crippen molar-refractivity contribution in [1.29, 1.82) is 0 Å². The minimum absolute atomic E-state index is 0.241. The maximum absolute atomic E-state index is 13.0. The topological polar surface area (TPSA) is 101 Å². The SMILES string of the molecule is COc1ccc(Cc2nnc(C3CCN(S(=O)(=O)c4c(C)n[nH]c4C)CC3)s2)cc1. The molecular weight excluding hydrogens is 422 g/mol. The molecule has 0 amide bonds. The average molecular weight is 448 g/mol. The van der Waals surface area contributed by atoms with Gasteiger partial charge >= 0.3 is 0 Å². The summed E-state index contributed by atoms with van der Waals surface area (Å²) >= 11 is 1.62. The van der Waals surface area contributed by atoms with E-state index in [0.717, 1.165) is 40.6 Å². The molecule has 0 unspecified atom stereocenters. The summed E-state index contributed by atoms with van der Waals surface area (Å²) in [6, 6.07) is 7.94. The number of H-pyrrole nitrogens is 1. The molecule has 0 radical (unpaired) electrons. The highest BCUT2D eigenvalue weighted by Crippen LogP contribution is 2.33. The van der Waals surface area contributed by atoms with E-state index in [1.54, 1.807) is 36.6 Å². The molecule has 0 spiro atoms. The third-order valence-electron chi connectivity index (χ3n) is 5.46. The Labute approximate surface area is 180 Å². The van der Waals surface area contributed by atoms with Gasteiger partial charge in [-0.3, -0.25) is 5.10 Å². The second-order valence-corrected chi connectivity index (χ2v) is 10.5. The van der Waals surface area contributed by atoms with E-state index in [-0.39, 0.29) is 5.92 Å². The summed E-state index contributed by atoms with van der Waals surface area (Å²) in [6.45, 7) is 4.41. The summed E-state index contributed by atoms with van der Waals surface area (Å²) in [7, 11) is -1.88. The molecule has 2 aromatic heterocycles. The number of aromatic amines is 1. The first-order chi connectivity index (χ1) is 14.4. The number of methoxy groups -OCH3 is 1. The third-order valence-corrected chi connectivity index (χ3v) is 8.71. The van der Waals surface area contributed by atoms with Crippen molar-refractivity contribution in [2.24, 2.45) is 0 Å². The molecule has 0 bridgehead atoms. The molecule has 3 aromatic rings. The van der Waals surface area contributed by atoms with Crippen LogP contribution in [0.4, 0.5) is 0 Å². The molecule has 1 aliphatic heterocycles. The molecular formula is C20H25N5O3S2. The molecule has 1 aliphatic rings. The molecule has 160 valence electrons. The highest BCUT2D eigenvalue weighted by atomic mass is 32.2. The molecule has 1 N–H and O–H groups in total. The van der Waals surface area contributed by atoms with Crippen molar-refractivity contribution < 1.29 is 13.2 Å². The van der Waals surface area contributed by atoms with Crippen molar-refractivity contribution in [1.82, 2.24) is 24.7 Å². The zero-order chi connectivity index (χ0) is 21.3. The fraction of sp³-hybridized carbons (Fsp3) is 0.450. The monoisotopic (exact) mass is 447 g/mol. The number of nitrogens with one attached hydrogen (secondary N) is 1. The minimum atomic E-state index is -3.53. The van der Waals surface area contributed by atoms with Gasteiger partial charge in [0.2, 0.25) is 10.0 Å². The van der Waals surface area contributed by atoms with Crippen LogP contribution in [0.15, 0.2) is 29.2 Å². The fourth-order valence-corrected chi connectivity index (χ4v) is 6.66. The molecule has 0 saturated carbocycles. The summed E-state index contributed by atoms with van der Waals surface area (Å²) in [6.07, 6.45) is 2.21. The number of rotatable bonds is 6. The molecule has 10 heteroatoms. The number of aryl methyl sites for hydroxylation is 2. The zero-order valence-corrected chi connectivity index (χ0v) is 18.9. The van der Waals surface area contributed by atoms with Gasteiger partial charge in [0.15, 0.2) is 0 Å². The lowest BCUT2D eigenvalue weighted by Crippen LogP contribution is -2.38. The van der Waals surface area contributed by atoms with Crippen molar-refractivity contribution in [3.63, 3.8) is 0 Å². The summed E-state index contributed by atoms with van der Waals surface area (Å²) in [5, 5.41) is 17.5. The highest BCUT2D eigenvalue weighted by Gasteiger charge is 2.34. The van der Waals surface area contributed by atoms with Crippen molar-refractivity contribution in [3.8, 4) is 5.75 Å². The number of sulfonamides is 1. The molecule has 4 rings (SSSR count). The van der Waals surface area contributed by atoms with Crippen LogP contribution in [-0.4, -0.2) is 53.3 Å². The number of hydrogen-bond acceptors (Lipinski definition) is 7.